The summed E-state index contributed by atoms with van der Waals surface area (Å²) in [5, 5.41) is 19.8. The van der Waals surface area contributed by atoms with E-state index in [1.165, 1.54) is 0 Å². The lowest BCUT2D eigenvalue weighted by molar-refractivity contribution is -0.146. The van der Waals surface area contributed by atoms with Gasteiger partial charge in [0, 0.05) is 5.56 Å². The molecular formula is C12H15NO4. The van der Waals surface area contributed by atoms with Gasteiger partial charge in [-0.2, -0.15) is 0 Å². The van der Waals surface area contributed by atoms with Crippen LogP contribution in [0.1, 0.15) is 22.8 Å². The van der Waals surface area contributed by atoms with Crippen LogP contribution in [0.3, 0.4) is 0 Å². The third-order valence-electron chi connectivity index (χ3n) is 2.37. The number of hydrogen-bond donors (Lipinski definition) is 3. The molecule has 0 aliphatic rings. The highest BCUT2D eigenvalue weighted by atomic mass is 16.4. The minimum absolute atomic E-state index is 0.302. The van der Waals surface area contributed by atoms with E-state index in [9.17, 15) is 9.59 Å². The molecule has 0 bridgehead atoms. The number of nitrogens with one attached hydrogen (secondary N) is 1. The molecule has 0 fully saturated rings. The van der Waals surface area contributed by atoms with Gasteiger partial charge in [0.2, 0.25) is 0 Å². The third kappa shape index (κ3) is 3.88. The van der Waals surface area contributed by atoms with E-state index >= 15 is 0 Å². The maximum absolute atomic E-state index is 11.6. The molecule has 5 nitrogen and oxygen atoms in total. The summed E-state index contributed by atoms with van der Waals surface area (Å²) in [5.74, 6) is -1.75. The van der Waals surface area contributed by atoms with E-state index in [0.29, 0.717) is 5.56 Å². The van der Waals surface area contributed by atoms with Crippen LogP contribution in [0.4, 0.5) is 0 Å². The molecule has 1 rings (SSSR count). The Bertz CT molecular complexity index is 399. The number of rotatable bonds is 5. The summed E-state index contributed by atoms with van der Waals surface area (Å²) in [7, 11) is 0. The Morgan fingerprint density at radius 2 is 1.88 bits per heavy atom. The van der Waals surface area contributed by atoms with E-state index in [-0.39, 0.29) is 6.54 Å². The van der Waals surface area contributed by atoms with E-state index in [2.05, 4.69) is 5.32 Å². The second-order valence-electron chi connectivity index (χ2n) is 3.61. The molecule has 1 unspecified atom stereocenters. The number of aliphatic hydroxyl groups is 1. The topological polar surface area (TPSA) is 86.6 Å². The normalized spacial score (nSPS) is 11.9. The van der Waals surface area contributed by atoms with Crippen LogP contribution >= 0.6 is 0 Å². The van der Waals surface area contributed by atoms with Crippen molar-refractivity contribution in [3.05, 3.63) is 35.4 Å². The summed E-state index contributed by atoms with van der Waals surface area (Å²) in [6.45, 7) is 1.71. The molecule has 1 atom stereocenters. The van der Waals surface area contributed by atoms with Crippen LogP contribution in [0, 0.1) is 0 Å². The smallest absolute Gasteiger partial charge is 0.334 e. The van der Waals surface area contributed by atoms with Crippen molar-refractivity contribution in [1.29, 1.82) is 0 Å². The lowest BCUT2D eigenvalue weighted by Gasteiger charge is -2.08. The maximum Gasteiger partial charge on any atom is 0.334 e. The summed E-state index contributed by atoms with van der Waals surface area (Å²) in [5.41, 5.74) is 1.56. The van der Waals surface area contributed by atoms with Crippen molar-refractivity contribution in [2.24, 2.45) is 0 Å². The number of amides is 1. The first kappa shape index (κ1) is 13.2. The van der Waals surface area contributed by atoms with E-state index in [0.717, 1.165) is 12.0 Å². The Morgan fingerprint density at radius 1 is 1.29 bits per heavy atom. The van der Waals surface area contributed by atoms with Gasteiger partial charge in [-0.25, -0.2) is 4.79 Å². The van der Waals surface area contributed by atoms with Crippen molar-refractivity contribution in [2.45, 2.75) is 19.4 Å². The molecule has 0 heterocycles. The van der Waals surface area contributed by atoms with Gasteiger partial charge in [0.05, 0.1) is 6.54 Å². The van der Waals surface area contributed by atoms with Crippen LogP contribution < -0.4 is 5.32 Å². The van der Waals surface area contributed by atoms with Gasteiger partial charge in [-0.1, -0.05) is 19.1 Å². The van der Waals surface area contributed by atoms with Crippen molar-refractivity contribution in [1.82, 2.24) is 5.32 Å². The number of aryl methyl sites for hydroxylation is 1. The highest BCUT2D eigenvalue weighted by molar-refractivity contribution is 5.94. The zero-order chi connectivity index (χ0) is 12.8. The lowest BCUT2D eigenvalue weighted by Crippen LogP contribution is -2.36. The Balaban J connectivity index is 2.55. The zero-order valence-corrected chi connectivity index (χ0v) is 9.51. The van der Waals surface area contributed by atoms with Crippen molar-refractivity contribution in [3.8, 4) is 0 Å². The summed E-state index contributed by atoms with van der Waals surface area (Å²) >= 11 is 0. The van der Waals surface area contributed by atoms with Gasteiger partial charge >= 0.3 is 5.97 Å². The Hall–Kier alpha value is -1.88. The second kappa shape index (κ2) is 6.00. The van der Waals surface area contributed by atoms with Gasteiger partial charge in [0.1, 0.15) is 0 Å². The fraction of sp³-hybridized carbons (Fsp3) is 0.333. The minimum Gasteiger partial charge on any atom is -0.479 e. The Morgan fingerprint density at radius 3 is 2.35 bits per heavy atom. The average molecular weight is 237 g/mol. The molecule has 0 spiro atoms. The average Bonchev–Trinajstić information content (AvgIpc) is 2.35. The molecule has 0 aliphatic carbocycles. The minimum atomic E-state index is -1.58. The maximum atomic E-state index is 11.6. The zero-order valence-electron chi connectivity index (χ0n) is 9.51. The van der Waals surface area contributed by atoms with Crippen molar-refractivity contribution < 1.29 is 19.8 Å². The van der Waals surface area contributed by atoms with Crippen LogP contribution in [0.2, 0.25) is 0 Å². The number of carbonyl (C=O) groups is 2. The molecule has 1 amide bonds. The third-order valence-corrected chi connectivity index (χ3v) is 2.37. The summed E-state index contributed by atoms with van der Waals surface area (Å²) in [6.07, 6.45) is -0.687. The summed E-state index contributed by atoms with van der Waals surface area (Å²) < 4.78 is 0. The second-order valence-corrected chi connectivity index (χ2v) is 3.61. The van der Waals surface area contributed by atoms with Gasteiger partial charge in [0.25, 0.3) is 5.91 Å². The predicted molar refractivity (Wildman–Crippen MR) is 61.8 cm³/mol. The van der Waals surface area contributed by atoms with Crippen LogP contribution in [0.15, 0.2) is 24.3 Å². The fourth-order valence-electron chi connectivity index (χ4n) is 1.27. The molecule has 92 valence electrons. The first-order valence-corrected chi connectivity index (χ1v) is 5.32. The van der Waals surface area contributed by atoms with Crippen molar-refractivity contribution >= 4 is 11.9 Å². The standard InChI is InChI=1S/C12H15NO4/c1-2-8-3-5-9(6-4-8)11(15)13-7-10(14)12(16)17/h3-6,10,14H,2,7H2,1H3,(H,13,15)(H,16,17). The predicted octanol–water partition coefficient (Wildman–Crippen LogP) is 0.424. The molecule has 0 aromatic heterocycles. The Kier molecular flexibility index (Phi) is 4.66. The van der Waals surface area contributed by atoms with Crippen molar-refractivity contribution in [3.63, 3.8) is 0 Å². The van der Waals surface area contributed by atoms with Gasteiger partial charge < -0.3 is 15.5 Å². The first-order valence-electron chi connectivity index (χ1n) is 5.32. The largest absolute Gasteiger partial charge is 0.479 e. The fourth-order valence-corrected chi connectivity index (χ4v) is 1.27. The quantitative estimate of drug-likeness (QED) is 0.693. The number of carbonyl (C=O) groups excluding carboxylic acids is 1. The Labute approximate surface area is 99.1 Å². The number of carboxylic acid groups (broad SMARTS) is 1. The molecule has 3 N–H and O–H groups in total. The van der Waals surface area contributed by atoms with Gasteiger partial charge in [0.15, 0.2) is 6.10 Å². The van der Waals surface area contributed by atoms with E-state index < -0.39 is 18.0 Å². The van der Waals surface area contributed by atoms with Crippen molar-refractivity contribution in [2.75, 3.05) is 6.54 Å². The summed E-state index contributed by atoms with van der Waals surface area (Å²) in [4.78, 5) is 21.9. The van der Waals surface area contributed by atoms with E-state index in [4.69, 9.17) is 10.2 Å². The van der Waals surface area contributed by atoms with Crippen LogP contribution in [-0.2, 0) is 11.2 Å². The molecular weight excluding hydrogens is 222 g/mol. The molecule has 0 radical (unpaired) electrons. The SMILES string of the molecule is CCc1ccc(C(=O)NCC(O)C(=O)O)cc1. The molecule has 5 heteroatoms. The van der Waals surface area contributed by atoms with Crippen LogP contribution in [0.25, 0.3) is 0 Å². The monoisotopic (exact) mass is 237 g/mol. The van der Waals surface area contributed by atoms with Gasteiger partial charge in [-0.3, -0.25) is 4.79 Å². The molecule has 17 heavy (non-hydrogen) atoms. The number of carboxylic acids is 1. The molecule has 0 aliphatic heterocycles. The number of aliphatic carboxylic acids is 1. The van der Waals surface area contributed by atoms with Crippen LogP contribution in [-0.4, -0.2) is 34.7 Å². The lowest BCUT2D eigenvalue weighted by atomic mass is 10.1. The number of aliphatic hydroxyl groups excluding tert-OH is 1. The first-order chi connectivity index (χ1) is 8.04. The number of benzene rings is 1. The molecule has 0 saturated carbocycles. The number of hydrogen-bond acceptors (Lipinski definition) is 3. The van der Waals surface area contributed by atoms with E-state index in [1.54, 1.807) is 12.1 Å². The molecule has 1 aromatic rings. The van der Waals surface area contributed by atoms with Crippen LogP contribution in [0.5, 0.6) is 0 Å². The van der Waals surface area contributed by atoms with E-state index in [1.807, 2.05) is 19.1 Å². The van der Waals surface area contributed by atoms with Gasteiger partial charge in [-0.15, -0.1) is 0 Å². The molecule has 1 aromatic carbocycles. The molecule has 0 saturated heterocycles. The highest BCUT2D eigenvalue weighted by Crippen LogP contribution is 2.04. The summed E-state index contributed by atoms with van der Waals surface area (Å²) in [6, 6.07) is 7.01. The highest BCUT2D eigenvalue weighted by Gasteiger charge is 2.14. The van der Waals surface area contributed by atoms with Gasteiger partial charge in [-0.05, 0) is 24.1 Å².